The Morgan fingerprint density at radius 2 is 2.10 bits per heavy atom. The molecular formula is C22H33IN4O2S2. The first kappa shape index (κ1) is 26.2. The predicted molar refractivity (Wildman–Crippen MR) is 142 cm³/mol. The second-order valence-corrected chi connectivity index (χ2v) is 9.92. The zero-order valence-corrected chi connectivity index (χ0v) is 22.1. The Morgan fingerprint density at radius 3 is 2.77 bits per heavy atom. The molecule has 1 fully saturated rings. The predicted octanol–water partition coefficient (Wildman–Crippen LogP) is 3.24. The summed E-state index contributed by atoms with van der Waals surface area (Å²) in [7, 11) is 0.871. The average Bonchev–Trinajstić information content (AvgIpc) is 3.28. The molecule has 0 radical (unpaired) electrons. The molecule has 2 heterocycles. The number of ether oxygens (including phenoxy) is 1. The molecule has 31 heavy (non-hydrogen) atoms. The Labute approximate surface area is 209 Å². The van der Waals surface area contributed by atoms with Gasteiger partial charge >= 0.3 is 0 Å². The van der Waals surface area contributed by atoms with Crippen LogP contribution in [0.1, 0.15) is 23.4 Å². The lowest BCUT2D eigenvalue weighted by Crippen LogP contribution is -2.48. The van der Waals surface area contributed by atoms with Crippen molar-refractivity contribution in [2.24, 2.45) is 4.99 Å². The average molecular weight is 577 g/mol. The first-order valence-corrected chi connectivity index (χ1v) is 12.7. The van der Waals surface area contributed by atoms with Crippen LogP contribution in [0.3, 0.4) is 0 Å². The Morgan fingerprint density at radius 1 is 1.29 bits per heavy atom. The smallest absolute Gasteiger partial charge is 0.191 e. The summed E-state index contributed by atoms with van der Waals surface area (Å²) in [6, 6.07) is 14.6. The van der Waals surface area contributed by atoms with E-state index in [2.05, 4.69) is 45.0 Å². The van der Waals surface area contributed by atoms with Crippen LogP contribution in [-0.4, -0.2) is 66.8 Å². The lowest BCUT2D eigenvalue weighted by molar-refractivity contribution is -0.0334. The largest absolute Gasteiger partial charge is 0.376 e. The molecule has 0 amide bonds. The van der Waals surface area contributed by atoms with Crippen LogP contribution in [0.4, 0.5) is 0 Å². The molecule has 2 aromatic rings. The van der Waals surface area contributed by atoms with E-state index in [1.807, 2.05) is 30.3 Å². The van der Waals surface area contributed by atoms with Crippen molar-refractivity contribution in [3.8, 4) is 0 Å². The lowest BCUT2D eigenvalue weighted by atomic mass is 10.1. The molecule has 0 bridgehead atoms. The maximum absolute atomic E-state index is 12.3. The van der Waals surface area contributed by atoms with Gasteiger partial charge in [0.15, 0.2) is 5.96 Å². The molecule has 0 aliphatic carbocycles. The molecule has 3 atom stereocenters. The molecule has 2 N–H and O–H groups in total. The van der Waals surface area contributed by atoms with Crippen molar-refractivity contribution < 1.29 is 8.95 Å². The van der Waals surface area contributed by atoms with Gasteiger partial charge in [-0.05, 0) is 23.9 Å². The van der Waals surface area contributed by atoms with Crippen LogP contribution in [0.5, 0.6) is 0 Å². The van der Waals surface area contributed by atoms with Crippen LogP contribution in [0.15, 0.2) is 52.8 Å². The van der Waals surface area contributed by atoms with E-state index in [0.717, 1.165) is 37.8 Å². The molecule has 1 aliphatic rings. The van der Waals surface area contributed by atoms with Gasteiger partial charge in [0, 0.05) is 60.4 Å². The number of guanidine groups is 1. The highest BCUT2D eigenvalue weighted by atomic mass is 127. The number of rotatable bonds is 9. The van der Waals surface area contributed by atoms with Crippen LogP contribution in [0.25, 0.3) is 0 Å². The third kappa shape index (κ3) is 8.80. The van der Waals surface area contributed by atoms with Crippen molar-refractivity contribution in [3.63, 3.8) is 0 Å². The van der Waals surface area contributed by atoms with Crippen molar-refractivity contribution in [1.82, 2.24) is 15.5 Å². The zero-order chi connectivity index (χ0) is 21.2. The van der Waals surface area contributed by atoms with Crippen LogP contribution < -0.4 is 10.6 Å². The van der Waals surface area contributed by atoms with Gasteiger partial charge in [-0.2, -0.15) is 0 Å². The van der Waals surface area contributed by atoms with E-state index >= 15 is 0 Å². The molecule has 0 spiro atoms. The van der Waals surface area contributed by atoms with Crippen molar-refractivity contribution >= 4 is 52.1 Å². The fraction of sp³-hybridized carbons (Fsp3) is 0.500. The third-order valence-electron chi connectivity index (χ3n) is 5.06. The van der Waals surface area contributed by atoms with Gasteiger partial charge in [0.05, 0.1) is 18.8 Å². The number of nitrogens with zero attached hydrogens (tertiary/aromatic N) is 2. The highest BCUT2D eigenvalue weighted by Gasteiger charge is 2.26. The zero-order valence-electron chi connectivity index (χ0n) is 18.2. The van der Waals surface area contributed by atoms with Crippen molar-refractivity contribution in [2.75, 3.05) is 45.6 Å². The van der Waals surface area contributed by atoms with Gasteiger partial charge in [0.1, 0.15) is 0 Å². The van der Waals surface area contributed by atoms with E-state index in [9.17, 15) is 4.21 Å². The minimum Gasteiger partial charge on any atom is -0.376 e. The first-order chi connectivity index (χ1) is 14.7. The molecule has 9 heteroatoms. The fourth-order valence-corrected chi connectivity index (χ4v) is 5.45. The second kappa shape index (κ2) is 14.2. The highest BCUT2D eigenvalue weighted by Crippen LogP contribution is 2.26. The van der Waals surface area contributed by atoms with Gasteiger partial charge in [-0.15, -0.1) is 35.3 Å². The maximum atomic E-state index is 12.3. The number of benzene rings is 1. The molecule has 1 aromatic carbocycles. The third-order valence-corrected chi connectivity index (χ3v) is 7.35. The van der Waals surface area contributed by atoms with Gasteiger partial charge in [-0.3, -0.25) is 14.1 Å². The van der Waals surface area contributed by atoms with Crippen molar-refractivity contribution in [3.05, 3.63) is 58.3 Å². The van der Waals surface area contributed by atoms with E-state index < -0.39 is 10.8 Å². The Bertz CT molecular complexity index is 805. The number of hydrogen-bond donors (Lipinski definition) is 2. The molecule has 6 nitrogen and oxygen atoms in total. The van der Waals surface area contributed by atoms with E-state index in [-0.39, 0.29) is 36.1 Å². The summed E-state index contributed by atoms with van der Waals surface area (Å²) in [5, 5.41) is 8.89. The molecule has 3 unspecified atom stereocenters. The number of aliphatic imine (C=N–C) groups is 1. The van der Waals surface area contributed by atoms with Gasteiger partial charge < -0.3 is 15.4 Å². The molecule has 1 saturated heterocycles. The second-order valence-electron chi connectivity index (χ2n) is 7.36. The number of hydrogen-bond acceptors (Lipinski definition) is 5. The van der Waals surface area contributed by atoms with Crippen LogP contribution in [0, 0.1) is 0 Å². The summed E-state index contributed by atoms with van der Waals surface area (Å²) in [5.41, 5.74) is 1.11. The number of halogens is 1. The van der Waals surface area contributed by atoms with Gasteiger partial charge in [-0.1, -0.05) is 36.4 Å². The minimum atomic E-state index is -0.900. The fourth-order valence-electron chi connectivity index (χ4n) is 3.55. The van der Waals surface area contributed by atoms with Crippen LogP contribution in [0.2, 0.25) is 0 Å². The maximum Gasteiger partial charge on any atom is 0.191 e. The van der Waals surface area contributed by atoms with Gasteiger partial charge in [-0.25, -0.2) is 0 Å². The molecular weight excluding hydrogens is 543 g/mol. The number of morpholine rings is 1. The Kier molecular flexibility index (Phi) is 12.0. The van der Waals surface area contributed by atoms with Crippen LogP contribution >= 0.6 is 35.3 Å². The molecule has 1 aliphatic heterocycles. The van der Waals surface area contributed by atoms with Crippen molar-refractivity contribution in [2.45, 2.75) is 24.8 Å². The van der Waals surface area contributed by atoms with E-state index in [1.54, 1.807) is 18.4 Å². The molecule has 3 rings (SSSR count). The topological polar surface area (TPSA) is 66.0 Å². The Hall–Kier alpha value is -1.01. The summed E-state index contributed by atoms with van der Waals surface area (Å²) in [6.45, 7) is 6.13. The summed E-state index contributed by atoms with van der Waals surface area (Å²) >= 11 is 1.78. The minimum absolute atomic E-state index is 0. The summed E-state index contributed by atoms with van der Waals surface area (Å²) in [4.78, 5) is 8.16. The van der Waals surface area contributed by atoms with Gasteiger partial charge in [0.25, 0.3) is 0 Å². The highest BCUT2D eigenvalue weighted by molar-refractivity contribution is 14.0. The van der Waals surface area contributed by atoms with Crippen LogP contribution in [-0.2, 0) is 21.3 Å². The normalized spacial score (nSPS) is 19.3. The lowest BCUT2D eigenvalue weighted by Gasteiger charge is -2.37. The number of nitrogens with one attached hydrogen (secondary N) is 2. The monoisotopic (exact) mass is 576 g/mol. The number of thiophene rings is 1. The van der Waals surface area contributed by atoms with Crippen molar-refractivity contribution in [1.29, 1.82) is 0 Å². The standard InChI is InChI=1S/C22H32N4O2S2.HI/c1-18-16-26(11-12-28-18)20(21-9-6-13-29-21)15-25-22(23-2)24-10-14-30(27)17-19-7-4-3-5-8-19;/h3-9,13,18,20H,10-12,14-17H2,1-2H3,(H2,23,24,25);1H. The summed E-state index contributed by atoms with van der Waals surface area (Å²) in [5.74, 6) is 1.92. The molecule has 0 saturated carbocycles. The van der Waals surface area contributed by atoms with E-state index in [4.69, 9.17) is 4.74 Å². The summed E-state index contributed by atoms with van der Waals surface area (Å²) < 4.78 is 18.1. The summed E-state index contributed by atoms with van der Waals surface area (Å²) in [6.07, 6.45) is 0.248. The van der Waals surface area contributed by atoms with E-state index in [0.29, 0.717) is 18.1 Å². The first-order valence-electron chi connectivity index (χ1n) is 10.4. The Balaban J connectivity index is 0.00000341. The molecule has 1 aromatic heterocycles. The quantitative estimate of drug-likeness (QED) is 0.273. The van der Waals surface area contributed by atoms with E-state index in [1.165, 1.54) is 4.88 Å². The molecule has 172 valence electrons. The van der Waals surface area contributed by atoms with Gasteiger partial charge in [0.2, 0.25) is 0 Å². The SMILES string of the molecule is CN=C(NCCS(=O)Cc1ccccc1)NCC(c1cccs1)N1CCOC(C)C1.I.